The molecular formula is C20H18F2N6O. The van der Waals surface area contributed by atoms with E-state index in [1.54, 1.807) is 55.0 Å². The van der Waals surface area contributed by atoms with Crippen molar-refractivity contribution in [3.8, 4) is 6.07 Å². The summed E-state index contributed by atoms with van der Waals surface area (Å²) in [4.78, 5) is 22.0. The normalized spacial score (nSPS) is 17.8. The minimum atomic E-state index is -1.11. The highest BCUT2D eigenvalue weighted by Crippen LogP contribution is 2.38. The van der Waals surface area contributed by atoms with Crippen molar-refractivity contribution in [2.24, 2.45) is 13.0 Å². The van der Waals surface area contributed by atoms with Gasteiger partial charge < -0.3 is 14.8 Å². The number of hydrogen-bond acceptors (Lipinski definition) is 5. The summed E-state index contributed by atoms with van der Waals surface area (Å²) < 4.78 is 29.9. The van der Waals surface area contributed by atoms with E-state index >= 15 is 0 Å². The lowest BCUT2D eigenvalue weighted by molar-refractivity contribution is -0.117. The van der Waals surface area contributed by atoms with Gasteiger partial charge in [-0.3, -0.25) is 4.79 Å². The number of rotatable bonds is 4. The number of nitrogens with zero attached hydrogens (tertiary/aromatic N) is 5. The quantitative estimate of drug-likeness (QED) is 0.731. The average Bonchev–Trinajstić information content (AvgIpc) is 3.31. The van der Waals surface area contributed by atoms with Crippen molar-refractivity contribution < 1.29 is 13.6 Å². The van der Waals surface area contributed by atoms with E-state index in [-0.39, 0.29) is 17.8 Å². The zero-order valence-electron chi connectivity index (χ0n) is 16.1. The van der Waals surface area contributed by atoms with E-state index in [4.69, 9.17) is 5.26 Å². The highest BCUT2D eigenvalue weighted by molar-refractivity contribution is 6.03. The monoisotopic (exact) mass is 396 g/mol. The molecule has 1 fully saturated rings. The van der Waals surface area contributed by atoms with Gasteiger partial charge in [0.25, 0.3) is 0 Å². The number of aryl methyl sites for hydroxylation is 2. The van der Waals surface area contributed by atoms with Crippen LogP contribution in [0.3, 0.4) is 0 Å². The summed E-state index contributed by atoms with van der Waals surface area (Å²) in [6.45, 7) is 1.70. The van der Waals surface area contributed by atoms with Crippen LogP contribution in [0.5, 0.6) is 0 Å². The molecule has 3 aromatic rings. The van der Waals surface area contributed by atoms with Gasteiger partial charge in [0.05, 0.1) is 29.1 Å². The Morgan fingerprint density at radius 1 is 1.41 bits per heavy atom. The Balaban J connectivity index is 1.81. The van der Waals surface area contributed by atoms with Crippen molar-refractivity contribution in [1.29, 1.82) is 5.26 Å². The Morgan fingerprint density at radius 2 is 2.14 bits per heavy atom. The topological polar surface area (TPSA) is 86.8 Å². The van der Waals surface area contributed by atoms with Crippen LogP contribution in [0.1, 0.15) is 17.7 Å². The summed E-state index contributed by atoms with van der Waals surface area (Å²) in [6.07, 6.45) is 2.14. The summed E-state index contributed by atoms with van der Waals surface area (Å²) in [7, 11) is 3.46. The first-order valence-corrected chi connectivity index (χ1v) is 9.00. The molecule has 9 heteroatoms. The van der Waals surface area contributed by atoms with E-state index in [1.807, 2.05) is 0 Å². The SMILES string of the molecule is Cc1cnc(C#N)c(F)c1N(C)c1cc(NC(=O)C2CC2F)c2ncn(C)c2c1. The Kier molecular flexibility index (Phi) is 4.42. The molecule has 29 heavy (non-hydrogen) atoms. The number of anilines is 3. The fourth-order valence-electron chi connectivity index (χ4n) is 3.35. The fraction of sp³-hybridized carbons (Fsp3) is 0.300. The Morgan fingerprint density at radius 3 is 2.79 bits per heavy atom. The summed E-state index contributed by atoms with van der Waals surface area (Å²) >= 11 is 0. The fourth-order valence-corrected chi connectivity index (χ4v) is 3.35. The maximum atomic E-state index is 14.8. The Hall–Kier alpha value is -3.54. The zero-order chi connectivity index (χ0) is 20.9. The van der Waals surface area contributed by atoms with Gasteiger partial charge in [-0.25, -0.2) is 18.7 Å². The summed E-state index contributed by atoms with van der Waals surface area (Å²) in [5.41, 5.74) is 2.72. The van der Waals surface area contributed by atoms with Crippen LogP contribution in [0.2, 0.25) is 0 Å². The molecule has 1 aliphatic carbocycles. The van der Waals surface area contributed by atoms with E-state index in [9.17, 15) is 13.6 Å². The van der Waals surface area contributed by atoms with E-state index < -0.39 is 23.8 Å². The van der Waals surface area contributed by atoms with Gasteiger partial charge in [-0.15, -0.1) is 0 Å². The second-order valence-electron chi connectivity index (χ2n) is 7.19. The van der Waals surface area contributed by atoms with E-state index in [0.29, 0.717) is 28.0 Å². The number of nitriles is 1. The van der Waals surface area contributed by atoms with Gasteiger partial charge in [0.15, 0.2) is 11.5 Å². The van der Waals surface area contributed by atoms with Crippen molar-refractivity contribution in [1.82, 2.24) is 14.5 Å². The van der Waals surface area contributed by atoms with Crippen molar-refractivity contribution in [2.75, 3.05) is 17.3 Å². The number of alkyl halides is 1. The van der Waals surface area contributed by atoms with Crippen molar-refractivity contribution in [3.05, 3.63) is 41.7 Å². The second-order valence-corrected chi connectivity index (χ2v) is 7.19. The third-order valence-corrected chi connectivity index (χ3v) is 5.13. The summed E-state index contributed by atoms with van der Waals surface area (Å²) in [5.74, 6) is -1.76. The first kappa shape index (κ1) is 18.8. The number of carbonyl (C=O) groups excluding carboxylic acids is 1. The van der Waals surface area contributed by atoms with Crippen LogP contribution in [-0.4, -0.2) is 33.7 Å². The maximum Gasteiger partial charge on any atom is 0.230 e. The van der Waals surface area contributed by atoms with Crippen molar-refractivity contribution >= 4 is 34.0 Å². The molecule has 0 aliphatic heterocycles. The highest BCUT2D eigenvalue weighted by Gasteiger charge is 2.43. The van der Waals surface area contributed by atoms with Gasteiger partial charge in [0, 0.05) is 26.0 Å². The average molecular weight is 396 g/mol. The first-order chi connectivity index (χ1) is 13.8. The number of imidazole rings is 1. The molecule has 1 N–H and O–H groups in total. The molecule has 2 unspecified atom stereocenters. The first-order valence-electron chi connectivity index (χ1n) is 9.00. The largest absolute Gasteiger partial charge is 0.342 e. The molecule has 0 radical (unpaired) electrons. The number of halogens is 2. The number of pyridine rings is 1. The third kappa shape index (κ3) is 3.16. The van der Waals surface area contributed by atoms with Gasteiger partial charge in [-0.05, 0) is 31.0 Å². The number of hydrogen-bond donors (Lipinski definition) is 1. The minimum absolute atomic E-state index is 0.210. The van der Waals surface area contributed by atoms with Crippen LogP contribution < -0.4 is 10.2 Å². The lowest BCUT2D eigenvalue weighted by Crippen LogP contribution is -2.17. The molecule has 7 nitrogen and oxygen atoms in total. The van der Waals surface area contributed by atoms with Crippen LogP contribution in [0.4, 0.5) is 25.8 Å². The number of nitrogens with one attached hydrogen (secondary N) is 1. The molecular weight excluding hydrogens is 378 g/mol. The summed E-state index contributed by atoms with van der Waals surface area (Å²) in [6, 6.07) is 5.21. The molecule has 0 bridgehead atoms. The molecule has 1 aromatic carbocycles. The summed E-state index contributed by atoms with van der Waals surface area (Å²) in [5, 5.41) is 11.8. The molecule has 2 heterocycles. The van der Waals surface area contributed by atoms with Crippen LogP contribution in [0, 0.1) is 30.0 Å². The number of aromatic nitrogens is 3. The van der Waals surface area contributed by atoms with Crippen LogP contribution in [-0.2, 0) is 11.8 Å². The third-order valence-electron chi connectivity index (χ3n) is 5.13. The lowest BCUT2D eigenvalue weighted by atomic mass is 10.1. The van der Waals surface area contributed by atoms with Crippen LogP contribution in [0.15, 0.2) is 24.7 Å². The van der Waals surface area contributed by atoms with Gasteiger partial charge in [-0.2, -0.15) is 5.26 Å². The predicted octanol–water partition coefficient (Wildman–Crippen LogP) is 3.35. The molecule has 148 valence electrons. The molecule has 1 amide bonds. The molecule has 2 atom stereocenters. The molecule has 1 aliphatic rings. The van der Waals surface area contributed by atoms with E-state index in [1.165, 1.54) is 6.20 Å². The van der Waals surface area contributed by atoms with Crippen molar-refractivity contribution in [2.45, 2.75) is 19.5 Å². The van der Waals surface area contributed by atoms with Gasteiger partial charge in [0.1, 0.15) is 17.8 Å². The smallest absolute Gasteiger partial charge is 0.230 e. The second kappa shape index (κ2) is 6.81. The zero-order valence-corrected chi connectivity index (χ0v) is 16.1. The number of fused-ring (bicyclic) bond motifs is 1. The van der Waals surface area contributed by atoms with Gasteiger partial charge in [0.2, 0.25) is 5.91 Å². The number of benzene rings is 1. The highest BCUT2D eigenvalue weighted by atomic mass is 19.1. The molecule has 1 saturated carbocycles. The maximum absolute atomic E-state index is 14.8. The Labute approximate surface area is 165 Å². The molecule has 2 aromatic heterocycles. The van der Waals surface area contributed by atoms with Gasteiger partial charge in [-0.1, -0.05) is 0 Å². The molecule has 0 saturated heterocycles. The minimum Gasteiger partial charge on any atom is -0.342 e. The van der Waals surface area contributed by atoms with E-state index in [0.717, 1.165) is 0 Å². The standard InChI is InChI=1S/C20H18F2N6O/c1-10-8-24-15(7-23)17(22)19(10)28(3)11-4-14(26-20(29)12-6-13(12)21)18-16(5-11)27(2)9-25-18/h4-5,8-9,12-13H,6H2,1-3H3,(H,26,29). The molecule has 0 spiro atoms. The van der Waals surface area contributed by atoms with E-state index in [2.05, 4.69) is 15.3 Å². The lowest BCUT2D eigenvalue weighted by Gasteiger charge is -2.23. The molecule has 4 rings (SSSR count). The predicted molar refractivity (Wildman–Crippen MR) is 104 cm³/mol. The van der Waals surface area contributed by atoms with Crippen LogP contribution in [0.25, 0.3) is 11.0 Å². The Bertz CT molecular complexity index is 1180. The number of amides is 1. The number of carbonyl (C=O) groups is 1. The van der Waals surface area contributed by atoms with Crippen molar-refractivity contribution in [3.63, 3.8) is 0 Å². The van der Waals surface area contributed by atoms with Gasteiger partial charge >= 0.3 is 0 Å². The van der Waals surface area contributed by atoms with Crippen LogP contribution >= 0.6 is 0 Å².